The van der Waals surface area contributed by atoms with Crippen molar-refractivity contribution in [2.75, 3.05) is 0 Å². The number of aryl methyl sites for hydroxylation is 1. The highest BCUT2D eigenvalue weighted by atomic mass is 127. The zero-order chi connectivity index (χ0) is 14.7. The predicted octanol–water partition coefficient (Wildman–Crippen LogP) is 3.94. The van der Waals surface area contributed by atoms with Crippen molar-refractivity contribution in [1.82, 2.24) is 0 Å². The SMILES string of the molecule is Cc1ccc([C@H](Oc2ccc(I)cc2)C(=O)O)cc1F. The van der Waals surface area contributed by atoms with Gasteiger partial charge in [-0.15, -0.1) is 0 Å². The van der Waals surface area contributed by atoms with Crippen LogP contribution in [0.3, 0.4) is 0 Å². The van der Waals surface area contributed by atoms with E-state index in [1.165, 1.54) is 12.1 Å². The van der Waals surface area contributed by atoms with E-state index in [2.05, 4.69) is 22.6 Å². The molecule has 1 atom stereocenters. The Morgan fingerprint density at radius 2 is 1.90 bits per heavy atom. The molecule has 2 aromatic carbocycles. The quantitative estimate of drug-likeness (QED) is 0.810. The van der Waals surface area contributed by atoms with Crippen molar-refractivity contribution in [2.45, 2.75) is 13.0 Å². The fraction of sp³-hybridized carbons (Fsp3) is 0.133. The lowest BCUT2D eigenvalue weighted by Crippen LogP contribution is -2.18. The predicted molar refractivity (Wildman–Crippen MR) is 81.3 cm³/mol. The molecule has 104 valence electrons. The van der Waals surface area contributed by atoms with Crippen molar-refractivity contribution >= 4 is 28.6 Å². The summed E-state index contributed by atoms with van der Waals surface area (Å²) in [6, 6.07) is 11.3. The lowest BCUT2D eigenvalue weighted by Gasteiger charge is -2.16. The van der Waals surface area contributed by atoms with Gasteiger partial charge < -0.3 is 9.84 Å². The molecule has 0 aliphatic rings. The van der Waals surface area contributed by atoms with Gasteiger partial charge in [-0.3, -0.25) is 0 Å². The summed E-state index contributed by atoms with van der Waals surface area (Å²) in [6.07, 6.45) is -1.23. The fourth-order valence-corrected chi connectivity index (χ4v) is 2.04. The number of halogens is 2. The Labute approximate surface area is 129 Å². The van der Waals surface area contributed by atoms with Gasteiger partial charge in [0.05, 0.1) is 0 Å². The highest BCUT2D eigenvalue weighted by molar-refractivity contribution is 14.1. The largest absolute Gasteiger partial charge is 0.478 e. The van der Waals surface area contributed by atoms with E-state index in [9.17, 15) is 14.3 Å². The third-order valence-corrected chi connectivity index (χ3v) is 3.51. The second kappa shape index (κ2) is 6.21. The number of hydrogen-bond acceptors (Lipinski definition) is 2. The second-order valence-corrected chi connectivity index (χ2v) is 5.54. The Morgan fingerprint density at radius 3 is 2.45 bits per heavy atom. The van der Waals surface area contributed by atoms with E-state index in [1.807, 2.05) is 12.1 Å². The number of aliphatic carboxylic acids is 1. The topological polar surface area (TPSA) is 46.5 Å². The molecule has 1 N–H and O–H groups in total. The van der Waals surface area contributed by atoms with Gasteiger partial charge in [0.25, 0.3) is 0 Å². The van der Waals surface area contributed by atoms with Gasteiger partial charge in [0, 0.05) is 9.13 Å². The number of ether oxygens (including phenoxy) is 1. The van der Waals surface area contributed by atoms with Gasteiger partial charge in [-0.05, 0) is 65.4 Å². The van der Waals surface area contributed by atoms with Gasteiger partial charge >= 0.3 is 5.97 Å². The Balaban J connectivity index is 2.29. The molecule has 0 saturated carbocycles. The van der Waals surface area contributed by atoms with Gasteiger partial charge in [-0.25, -0.2) is 9.18 Å². The van der Waals surface area contributed by atoms with Gasteiger partial charge in [0.1, 0.15) is 11.6 Å². The summed E-state index contributed by atoms with van der Waals surface area (Å²) in [4.78, 5) is 11.3. The molecule has 0 fully saturated rings. The first-order valence-corrected chi connectivity index (χ1v) is 6.96. The van der Waals surface area contributed by atoms with Gasteiger partial charge in [-0.2, -0.15) is 0 Å². The first-order chi connectivity index (χ1) is 9.47. The van der Waals surface area contributed by atoms with Crippen LogP contribution < -0.4 is 4.74 Å². The minimum atomic E-state index is -1.23. The van der Waals surface area contributed by atoms with Crippen LogP contribution in [0.2, 0.25) is 0 Å². The van der Waals surface area contributed by atoms with Crippen molar-refractivity contribution in [3.05, 3.63) is 63.0 Å². The Morgan fingerprint density at radius 1 is 1.25 bits per heavy atom. The second-order valence-electron chi connectivity index (χ2n) is 4.30. The molecule has 3 nitrogen and oxygen atoms in total. The zero-order valence-electron chi connectivity index (χ0n) is 10.6. The molecule has 2 aromatic rings. The van der Waals surface area contributed by atoms with E-state index < -0.39 is 17.9 Å². The van der Waals surface area contributed by atoms with Crippen LogP contribution in [0.1, 0.15) is 17.2 Å². The minimum absolute atomic E-state index is 0.277. The van der Waals surface area contributed by atoms with Crippen LogP contribution in [0, 0.1) is 16.3 Å². The summed E-state index contributed by atoms with van der Waals surface area (Å²) in [6.45, 7) is 1.62. The Kier molecular flexibility index (Phi) is 4.59. The smallest absolute Gasteiger partial charge is 0.349 e. The van der Waals surface area contributed by atoms with E-state index in [-0.39, 0.29) is 5.56 Å². The van der Waals surface area contributed by atoms with Crippen LogP contribution in [0.25, 0.3) is 0 Å². The number of hydrogen-bond donors (Lipinski definition) is 1. The van der Waals surface area contributed by atoms with Crippen LogP contribution >= 0.6 is 22.6 Å². The first-order valence-electron chi connectivity index (χ1n) is 5.88. The van der Waals surface area contributed by atoms with Crippen molar-refractivity contribution < 1.29 is 19.0 Å². The zero-order valence-corrected chi connectivity index (χ0v) is 12.8. The van der Waals surface area contributed by atoms with E-state index in [1.54, 1.807) is 25.1 Å². The molecule has 0 spiro atoms. The molecule has 0 radical (unpaired) electrons. The third-order valence-electron chi connectivity index (χ3n) is 2.79. The van der Waals surface area contributed by atoms with Crippen molar-refractivity contribution in [3.63, 3.8) is 0 Å². The van der Waals surface area contributed by atoms with Crippen LogP contribution in [0.15, 0.2) is 42.5 Å². The molecule has 0 unspecified atom stereocenters. The van der Waals surface area contributed by atoms with Crippen LogP contribution in [-0.4, -0.2) is 11.1 Å². The van der Waals surface area contributed by atoms with Crippen molar-refractivity contribution in [1.29, 1.82) is 0 Å². The minimum Gasteiger partial charge on any atom is -0.478 e. The monoisotopic (exact) mass is 386 g/mol. The van der Waals surface area contributed by atoms with E-state index in [0.29, 0.717) is 11.3 Å². The number of benzene rings is 2. The summed E-state index contributed by atoms with van der Waals surface area (Å²) in [5.74, 6) is -1.18. The standard InChI is InChI=1S/C15H12FIO3/c1-9-2-3-10(8-13(9)16)14(15(18)19)20-12-6-4-11(17)5-7-12/h2-8,14H,1H3,(H,18,19)/t14-/m0/s1. The highest BCUT2D eigenvalue weighted by Gasteiger charge is 2.22. The number of carboxylic acids is 1. The normalized spacial score (nSPS) is 11.9. The molecule has 20 heavy (non-hydrogen) atoms. The van der Waals surface area contributed by atoms with Crippen LogP contribution in [0.5, 0.6) is 5.75 Å². The first kappa shape index (κ1) is 14.8. The van der Waals surface area contributed by atoms with Gasteiger partial charge in [-0.1, -0.05) is 12.1 Å². The molecule has 5 heteroatoms. The average Bonchev–Trinajstić information content (AvgIpc) is 2.41. The fourth-order valence-electron chi connectivity index (χ4n) is 1.68. The molecule has 0 heterocycles. The Hall–Kier alpha value is -1.63. The molecular weight excluding hydrogens is 374 g/mol. The number of rotatable bonds is 4. The average molecular weight is 386 g/mol. The van der Waals surface area contributed by atoms with Crippen molar-refractivity contribution in [2.24, 2.45) is 0 Å². The molecule has 0 saturated heterocycles. The van der Waals surface area contributed by atoms with Crippen LogP contribution in [-0.2, 0) is 4.79 Å². The van der Waals surface area contributed by atoms with E-state index in [0.717, 1.165) is 3.57 Å². The summed E-state index contributed by atoms with van der Waals surface area (Å²) in [5, 5.41) is 9.25. The molecule has 0 amide bonds. The maximum absolute atomic E-state index is 13.5. The number of carboxylic acid groups (broad SMARTS) is 1. The lowest BCUT2D eigenvalue weighted by molar-refractivity contribution is -0.145. The molecular formula is C15H12FIO3. The Bertz CT molecular complexity index is 626. The summed E-state index contributed by atoms with van der Waals surface area (Å²) >= 11 is 2.14. The van der Waals surface area contributed by atoms with Gasteiger partial charge in [0.2, 0.25) is 6.10 Å². The van der Waals surface area contributed by atoms with Crippen LogP contribution in [0.4, 0.5) is 4.39 Å². The maximum Gasteiger partial charge on any atom is 0.349 e. The summed E-state index contributed by atoms with van der Waals surface area (Å²) in [5.41, 5.74) is 0.742. The molecule has 2 rings (SSSR count). The number of carbonyl (C=O) groups is 1. The summed E-state index contributed by atoms with van der Waals surface area (Å²) in [7, 11) is 0. The molecule has 0 aliphatic heterocycles. The molecule has 0 aromatic heterocycles. The third kappa shape index (κ3) is 3.47. The van der Waals surface area contributed by atoms with E-state index >= 15 is 0 Å². The highest BCUT2D eigenvalue weighted by Crippen LogP contribution is 2.24. The molecule has 0 aliphatic carbocycles. The van der Waals surface area contributed by atoms with Crippen molar-refractivity contribution in [3.8, 4) is 5.75 Å². The summed E-state index contributed by atoms with van der Waals surface area (Å²) < 4.78 is 20.0. The molecule has 0 bridgehead atoms. The maximum atomic E-state index is 13.5. The van der Waals surface area contributed by atoms with Gasteiger partial charge in [0.15, 0.2) is 0 Å². The lowest BCUT2D eigenvalue weighted by atomic mass is 10.1. The van der Waals surface area contributed by atoms with E-state index in [4.69, 9.17) is 4.74 Å².